The standard InChI is InChI=1S/C19H25N3O4S/c1-14(2)27-22(25)21(13-12-19(23)20-24)16-6-10-18(11-7-16)26-17-8-4-15(3)5-9-17/h4-11,14,24-25H,12-13H2,1-3H3,(H,20,23). The predicted octanol–water partition coefficient (Wildman–Crippen LogP) is 4.15. The van der Waals surface area contributed by atoms with E-state index in [2.05, 4.69) is 0 Å². The zero-order valence-electron chi connectivity index (χ0n) is 15.6. The highest BCUT2D eigenvalue weighted by molar-refractivity contribution is 7.97. The van der Waals surface area contributed by atoms with E-state index in [9.17, 15) is 10.0 Å². The number of ether oxygens (including phenoxy) is 1. The van der Waals surface area contributed by atoms with Gasteiger partial charge >= 0.3 is 0 Å². The first-order valence-electron chi connectivity index (χ1n) is 8.60. The van der Waals surface area contributed by atoms with Gasteiger partial charge < -0.3 is 4.74 Å². The van der Waals surface area contributed by atoms with Crippen molar-refractivity contribution >= 4 is 23.5 Å². The molecule has 7 nitrogen and oxygen atoms in total. The van der Waals surface area contributed by atoms with Crippen molar-refractivity contribution < 1.29 is 19.9 Å². The molecule has 0 aliphatic carbocycles. The van der Waals surface area contributed by atoms with Gasteiger partial charge in [0, 0.05) is 18.2 Å². The van der Waals surface area contributed by atoms with Crippen molar-refractivity contribution in [3.8, 4) is 11.5 Å². The van der Waals surface area contributed by atoms with Crippen LogP contribution in [0.1, 0.15) is 25.8 Å². The third-order valence-electron chi connectivity index (χ3n) is 3.58. The first-order valence-corrected chi connectivity index (χ1v) is 9.43. The quantitative estimate of drug-likeness (QED) is 0.336. The van der Waals surface area contributed by atoms with E-state index in [1.165, 1.54) is 11.9 Å². The molecule has 2 rings (SSSR count). The second-order valence-electron chi connectivity index (χ2n) is 6.22. The van der Waals surface area contributed by atoms with Crippen molar-refractivity contribution in [3.05, 3.63) is 54.1 Å². The van der Waals surface area contributed by atoms with Crippen LogP contribution in [0.15, 0.2) is 48.5 Å². The van der Waals surface area contributed by atoms with E-state index >= 15 is 0 Å². The van der Waals surface area contributed by atoms with Crippen LogP contribution in [0.3, 0.4) is 0 Å². The molecule has 2 aromatic rings. The summed E-state index contributed by atoms with van der Waals surface area (Å²) in [5, 5.41) is 20.7. The number of benzene rings is 2. The maximum atomic E-state index is 11.4. The van der Waals surface area contributed by atoms with E-state index in [4.69, 9.17) is 9.94 Å². The summed E-state index contributed by atoms with van der Waals surface area (Å²) >= 11 is 1.21. The van der Waals surface area contributed by atoms with E-state index in [0.29, 0.717) is 11.4 Å². The molecule has 27 heavy (non-hydrogen) atoms. The molecule has 0 atom stereocenters. The lowest BCUT2D eigenvalue weighted by Crippen LogP contribution is -2.39. The summed E-state index contributed by atoms with van der Waals surface area (Å²) in [6.07, 6.45) is 0.0217. The number of hydrogen-bond donors (Lipinski definition) is 3. The molecular weight excluding hydrogens is 366 g/mol. The van der Waals surface area contributed by atoms with Gasteiger partial charge in [0.25, 0.3) is 0 Å². The smallest absolute Gasteiger partial charge is 0.245 e. The average Bonchev–Trinajstić information content (AvgIpc) is 2.64. The maximum absolute atomic E-state index is 11.4. The van der Waals surface area contributed by atoms with Crippen molar-refractivity contribution in [3.63, 3.8) is 0 Å². The molecule has 1 amide bonds. The fourth-order valence-corrected chi connectivity index (χ4v) is 2.92. The Morgan fingerprint density at radius 3 is 2.19 bits per heavy atom. The first-order chi connectivity index (χ1) is 12.9. The monoisotopic (exact) mass is 391 g/mol. The van der Waals surface area contributed by atoms with Crippen molar-refractivity contribution in [2.45, 2.75) is 32.4 Å². The molecule has 0 aromatic heterocycles. The molecule has 0 aliphatic heterocycles. The van der Waals surface area contributed by atoms with Crippen LogP contribution in [0, 0.1) is 6.92 Å². The third kappa shape index (κ3) is 6.76. The molecule has 0 heterocycles. The molecule has 0 saturated heterocycles. The number of amides is 1. The maximum Gasteiger partial charge on any atom is 0.245 e. The van der Waals surface area contributed by atoms with Crippen LogP contribution in [-0.4, -0.2) is 32.7 Å². The zero-order valence-corrected chi connectivity index (χ0v) is 16.4. The molecule has 0 aliphatic rings. The molecule has 146 valence electrons. The van der Waals surface area contributed by atoms with Crippen LogP contribution >= 0.6 is 11.9 Å². The lowest BCUT2D eigenvalue weighted by molar-refractivity contribution is -0.129. The SMILES string of the molecule is Cc1ccc(Oc2ccc(N(CCC(=O)NO)N(O)SC(C)C)cc2)cc1. The Kier molecular flexibility index (Phi) is 7.93. The molecule has 0 radical (unpaired) electrons. The van der Waals surface area contributed by atoms with Crippen molar-refractivity contribution in [1.82, 2.24) is 10.1 Å². The Hall–Kier alpha value is -2.26. The van der Waals surface area contributed by atoms with Crippen molar-refractivity contribution in [2.24, 2.45) is 0 Å². The highest BCUT2D eigenvalue weighted by Crippen LogP contribution is 2.27. The highest BCUT2D eigenvalue weighted by atomic mass is 32.2. The van der Waals surface area contributed by atoms with Crippen LogP contribution in [0.4, 0.5) is 5.69 Å². The first kappa shape index (κ1) is 21.0. The number of aryl methyl sites for hydroxylation is 1. The lowest BCUT2D eigenvalue weighted by Gasteiger charge is -2.31. The predicted molar refractivity (Wildman–Crippen MR) is 106 cm³/mol. The van der Waals surface area contributed by atoms with Crippen molar-refractivity contribution in [2.75, 3.05) is 11.6 Å². The largest absolute Gasteiger partial charge is 0.457 e. The number of nitrogens with zero attached hydrogens (tertiary/aromatic N) is 2. The lowest BCUT2D eigenvalue weighted by atomic mass is 10.2. The summed E-state index contributed by atoms with van der Waals surface area (Å²) in [4.78, 5) is 11.4. The van der Waals surface area contributed by atoms with Gasteiger partial charge in [-0.15, -0.1) is 0 Å². The summed E-state index contributed by atoms with van der Waals surface area (Å²) in [6.45, 7) is 6.11. The van der Waals surface area contributed by atoms with E-state index in [0.717, 1.165) is 15.9 Å². The van der Waals surface area contributed by atoms with Crippen LogP contribution in [0.2, 0.25) is 0 Å². The van der Waals surface area contributed by atoms with Gasteiger partial charge in [-0.25, -0.2) is 5.48 Å². The van der Waals surface area contributed by atoms with Gasteiger partial charge in [0.05, 0.1) is 5.69 Å². The number of hydrazine groups is 1. The van der Waals surface area contributed by atoms with Crippen LogP contribution in [0.5, 0.6) is 11.5 Å². The number of nitrogens with one attached hydrogen (secondary N) is 1. The highest BCUT2D eigenvalue weighted by Gasteiger charge is 2.18. The second kappa shape index (κ2) is 10.2. The van der Waals surface area contributed by atoms with Gasteiger partial charge in [-0.3, -0.25) is 20.2 Å². The Balaban J connectivity index is 2.11. The van der Waals surface area contributed by atoms with Crippen LogP contribution < -0.4 is 15.2 Å². The zero-order chi connectivity index (χ0) is 19.8. The minimum Gasteiger partial charge on any atom is -0.457 e. The number of carbonyl (C=O) groups is 1. The molecule has 3 N–H and O–H groups in total. The Labute approximate surface area is 163 Å². The molecule has 0 saturated carbocycles. The number of anilines is 1. The topological polar surface area (TPSA) is 85.3 Å². The fraction of sp³-hybridized carbons (Fsp3) is 0.316. The Morgan fingerprint density at radius 2 is 1.67 bits per heavy atom. The Morgan fingerprint density at radius 1 is 1.11 bits per heavy atom. The molecule has 2 aromatic carbocycles. The second-order valence-corrected chi connectivity index (χ2v) is 7.70. The minimum absolute atomic E-state index is 0.0217. The third-order valence-corrected chi connectivity index (χ3v) is 4.39. The Bertz CT molecular complexity index is 723. The van der Waals surface area contributed by atoms with Gasteiger partial charge in [0.15, 0.2) is 0 Å². The summed E-state index contributed by atoms with van der Waals surface area (Å²) in [5.41, 5.74) is 3.45. The number of carbonyl (C=O) groups excluding carboxylic acids is 1. The molecule has 0 spiro atoms. The van der Waals surface area contributed by atoms with E-state index in [1.807, 2.05) is 45.0 Å². The summed E-state index contributed by atoms with van der Waals surface area (Å²) in [5.74, 6) is 0.878. The van der Waals surface area contributed by atoms with Gasteiger partial charge in [0.1, 0.15) is 11.5 Å². The summed E-state index contributed by atoms with van der Waals surface area (Å²) in [7, 11) is 0. The molecule has 8 heteroatoms. The van der Waals surface area contributed by atoms with Gasteiger partial charge in [-0.1, -0.05) is 31.5 Å². The van der Waals surface area contributed by atoms with Gasteiger partial charge in [-0.2, -0.15) is 0 Å². The van der Waals surface area contributed by atoms with Crippen LogP contribution in [0.25, 0.3) is 0 Å². The summed E-state index contributed by atoms with van der Waals surface area (Å²) < 4.78 is 6.82. The van der Waals surface area contributed by atoms with E-state index in [1.54, 1.807) is 34.8 Å². The number of hydroxylamine groups is 1. The average molecular weight is 391 g/mol. The number of rotatable bonds is 9. The normalized spacial score (nSPS) is 10.9. The molecule has 0 fully saturated rings. The summed E-state index contributed by atoms with van der Waals surface area (Å²) in [6, 6.07) is 14.9. The molecular formula is C19H25N3O4S. The van der Waals surface area contributed by atoms with E-state index < -0.39 is 5.91 Å². The van der Waals surface area contributed by atoms with Gasteiger partial charge in [0.2, 0.25) is 5.91 Å². The number of hydrogen-bond acceptors (Lipinski definition) is 7. The van der Waals surface area contributed by atoms with Gasteiger partial charge in [-0.05, 0) is 59.8 Å². The van der Waals surface area contributed by atoms with Crippen LogP contribution in [-0.2, 0) is 4.79 Å². The fourth-order valence-electron chi connectivity index (χ4n) is 2.25. The molecule has 0 bridgehead atoms. The minimum atomic E-state index is -0.526. The van der Waals surface area contributed by atoms with Crippen molar-refractivity contribution in [1.29, 1.82) is 0 Å². The molecule has 0 unspecified atom stereocenters. The van der Waals surface area contributed by atoms with E-state index in [-0.39, 0.29) is 18.2 Å².